The van der Waals surface area contributed by atoms with Gasteiger partial charge < -0.3 is 20.1 Å². The number of benzene rings is 2. The molecule has 0 unspecified atom stereocenters. The molecule has 7 heteroatoms. The van der Waals surface area contributed by atoms with E-state index in [-0.39, 0.29) is 36.3 Å². The molecule has 0 saturated heterocycles. The van der Waals surface area contributed by atoms with Gasteiger partial charge in [0.15, 0.2) is 0 Å². The van der Waals surface area contributed by atoms with E-state index in [0.29, 0.717) is 30.0 Å². The summed E-state index contributed by atoms with van der Waals surface area (Å²) in [6, 6.07) is 7.88. The number of carbonyl (C=O) groups is 2. The molecule has 0 bridgehead atoms. The van der Waals surface area contributed by atoms with Crippen molar-refractivity contribution in [1.82, 2.24) is 5.32 Å². The fourth-order valence-corrected chi connectivity index (χ4v) is 2.94. The third-order valence-electron chi connectivity index (χ3n) is 4.14. The Labute approximate surface area is 142 Å². The normalized spacial score (nSPS) is 16.5. The van der Waals surface area contributed by atoms with Crippen molar-refractivity contribution < 1.29 is 23.5 Å². The number of nitrogens with one attached hydrogen (secondary N) is 2. The van der Waals surface area contributed by atoms with Crippen LogP contribution in [0.25, 0.3) is 11.1 Å². The van der Waals surface area contributed by atoms with Gasteiger partial charge in [0.05, 0.1) is 18.7 Å². The van der Waals surface area contributed by atoms with E-state index in [1.165, 1.54) is 12.1 Å². The maximum absolute atomic E-state index is 14.6. The highest BCUT2D eigenvalue weighted by Gasteiger charge is 2.21. The van der Waals surface area contributed by atoms with Crippen LogP contribution >= 0.6 is 0 Å². The first-order valence-electron chi connectivity index (χ1n) is 7.87. The van der Waals surface area contributed by atoms with Crippen LogP contribution < -0.4 is 15.4 Å². The van der Waals surface area contributed by atoms with Gasteiger partial charge in [0.1, 0.15) is 24.8 Å². The predicted molar refractivity (Wildman–Crippen MR) is 87.9 cm³/mol. The first-order valence-corrected chi connectivity index (χ1v) is 7.87. The van der Waals surface area contributed by atoms with Gasteiger partial charge in [-0.1, -0.05) is 6.07 Å². The van der Waals surface area contributed by atoms with Gasteiger partial charge in [-0.25, -0.2) is 4.39 Å². The van der Waals surface area contributed by atoms with E-state index in [1.54, 1.807) is 18.2 Å². The van der Waals surface area contributed by atoms with Gasteiger partial charge in [0.25, 0.3) is 5.91 Å². The molecule has 2 aliphatic heterocycles. The Bertz CT molecular complexity index is 882. The minimum Gasteiger partial charge on any atom is -0.491 e. The lowest BCUT2D eigenvalue weighted by Crippen LogP contribution is -2.24. The molecule has 128 valence electrons. The van der Waals surface area contributed by atoms with Crippen LogP contribution in [0.1, 0.15) is 15.9 Å². The van der Waals surface area contributed by atoms with Crippen LogP contribution in [0.5, 0.6) is 5.75 Å². The lowest BCUT2D eigenvalue weighted by molar-refractivity contribution is -0.120. The third kappa shape index (κ3) is 2.94. The average Bonchev–Trinajstić information content (AvgIpc) is 2.88. The topological polar surface area (TPSA) is 76.7 Å². The molecule has 0 aromatic heterocycles. The summed E-state index contributed by atoms with van der Waals surface area (Å²) in [5.74, 6) is -0.760. The molecule has 0 radical (unpaired) electrons. The second-order valence-corrected chi connectivity index (χ2v) is 5.85. The SMILES string of the molecule is O=C1COCc2cc(-c3cc4c(cc3F)OCCNC4=O)ccc2N1. The number of anilines is 1. The number of halogens is 1. The van der Waals surface area contributed by atoms with Crippen molar-refractivity contribution in [3.8, 4) is 16.9 Å². The zero-order chi connectivity index (χ0) is 17.4. The molecular weight excluding hydrogens is 327 g/mol. The summed E-state index contributed by atoms with van der Waals surface area (Å²) in [6.07, 6.45) is 0. The Balaban J connectivity index is 1.79. The molecule has 0 atom stereocenters. The Morgan fingerprint density at radius 1 is 1.04 bits per heavy atom. The largest absolute Gasteiger partial charge is 0.491 e. The van der Waals surface area contributed by atoms with Crippen molar-refractivity contribution in [2.24, 2.45) is 0 Å². The first kappa shape index (κ1) is 15.6. The molecule has 0 saturated carbocycles. The maximum Gasteiger partial charge on any atom is 0.255 e. The number of hydrogen-bond donors (Lipinski definition) is 2. The lowest BCUT2D eigenvalue weighted by atomic mass is 9.98. The second-order valence-electron chi connectivity index (χ2n) is 5.85. The number of amides is 2. The van der Waals surface area contributed by atoms with Gasteiger partial charge in [-0.15, -0.1) is 0 Å². The molecule has 0 spiro atoms. The Morgan fingerprint density at radius 2 is 1.92 bits per heavy atom. The Hall–Kier alpha value is -2.93. The summed E-state index contributed by atoms with van der Waals surface area (Å²) in [5, 5.41) is 5.45. The molecule has 2 aliphatic rings. The van der Waals surface area contributed by atoms with Gasteiger partial charge in [0, 0.05) is 22.9 Å². The molecule has 2 N–H and O–H groups in total. The maximum atomic E-state index is 14.6. The molecule has 2 aromatic carbocycles. The van der Waals surface area contributed by atoms with Crippen molar-refractivity contribution >= 4 is 17.5 Å². The van der Waals surface area contributed by atoms with Crippen LogP contribution in [-0.2, 0) is 16.1 Å². The minimum atomic E-state index is -0.480. The summed E-state index contributed by atoms with van der Waals surface area (Å²) in [7, 11) is 0. The van der Waals surface area contributed by atoms with Gasteiger partial charge >= 0.3 is 0 Å². The highest BCUT2D eigenvalue weighted by Crippen LogP contribution is 2.33. The summed E-state index contributed by atoms with van der Waals surface area (Å²) < 4.78 is 25.3. The monoisotopic (exact) mass is 342 g/mol. The summed E-state index contributed by atoms with van der Waals surface area (Å²) in [5.41, 5.74) is 2.57. The number of rotatable bonds is 1. The summed E-state index contributed by atoms with van der Waals surface area (Å²) in [4.78, 5) is 23.7. The van der Waals surface area contributed by atoms with Crippen LogP contribution in [0.15, 0.2) is 30.3 Å². The molecule has 2 amide bonds. The quantitative estimate of drug-likeness (QED) is 0.832. The van der Waals surface area contributed by atoms with Crippen LogP contribution in [0.3, 0.4) is 0 Å². The molecule has 0 fully saturated rings. The van der Waals surface area contributed by atoms with E-state index in [1.807, 2.05) is 0 Å². The van der Waals surface area contributed by atoms with Gasteiger partial charge in [-0.2, -0.15) is 0 Å². The van der Waals surface area contributed by atoms with E-state index in [0.717, 1.165) is 5.56 Å². The molecular formula is C18H15FN2O4. The number of fused-ring (bicyclic) bond motifs is 2. The van der Waals surface area contributed by atoms with Gasteiger partial charge in [0.2, 0.25) is 5.91 Å². The van der Waals surface area contributed by atoms with Crippen molar-refractivity contribution in [3.05, 3.63) is 47.3 Å². The van der Waals surface area contributed by atoms with E-state index >= 15 is 0 Å². The Morgan fingerprint density at radius 3 is 2.80 bits per heavy atom. The summed E-state index contributed by atoms with van der Waals surface area (Å²) >= 11 is 0. The van der Waals surface area contributed by atoms with Crippen LogP contribution in [-0.4, -0.2) is 31.6 Å². The fraction of sp³-hybridized carbons (Fsp3) is 0.222. The predicted octanol–water partition coefficient (Wildman–Crippen LogP) is 2.08. The van der Waals surface area contributed by atoms with Crippen LogP contribution in [0.2, 0.25) is 0 Å². The smallest absolute Gasteiger partial charge is 0.255 e. The van der Waals surface area contributed by atoms with Crippen LogP contribution in [0.4, 0.5) is 10.1 Å². The minimum absolute atomic E-state index is 0.0191. The first-order chi connectivity index (χ1) is 12.1. The van der Waals surface area contributed by atoms with E-state index in [2.05, 4.69) is 10.6 Å². The Kier molecular flexibility index (Phi) is 3.85. The van der Waals surface area contributed by atoms with E-state index in [9.17, 15) is 14.0 Å². The van der Waals surface area contributed by atoms with E-state index in [4.69, 9.17) is 9.47 Å². The standard InChI is InChI=1S/C18H15FN2O4/c19-14-7-16-13(18(23)20-3-4-25-16)6-12(14)10-1-2-15-11(5-10)8-24-9-17(22)21-15/h1-2,5-7H,3-4,8-9H2,(H,20,23)(H,21,22). The zero-order valence-corrected chi connectivity index (χ0v) is 13.2. The third-order valence-corrected chi connectivity index (χ3v) is 4.14. The molecule has 25 heavy (non-hydrogen) atoms. The van der Waals surface area contributed by atoms with Crippen LogP contribution in [0, 0.1) is 5.82 Å². The van der Waals surface area contributed by atoms with E-state index < -0.39 is 5.82 Å². The molecule has 4 rings (SSSR count). The molecule has 0 aliphatic carbocycles. The molecule has 2 aromatic rings. The molecule has 2 heterocycles. The van der Waals surface area contributed by atoms with Crippen molar-refractivity contribution in [2.45, 2.75) is 6.61 Å². The van der Waals surface area contributed by atoms with Gasteiger partial charge in [-0.3, -0.25) is 9.59 Å². The average molecular weight is 342 g/mol. The number of carbonyl (C=O) groups excluding carboxylic acids is 2. The van der Waals surface area contributed by atoms with Crippen molar-refractivity contribution in [1.29, 1.82) is 0 Å². The fourth-order valence-electron chi connectivity index (χ4n) is 2.94. The summed E-state index contributed by atoms with van der Waals surface area (Å²) in [6.45, 7) is 0.903. The molecule has 6 nitrogen and oxygen atoms in total. The number of hydrogen-bond acceptors (Lipinski definition) is 4. The second kappa shape index (κ2) is 6.18. The highest BCUT2D eigenvalue weighted by molar-refractivity contribution is 5.99. The highest BCUT2D eigenvalue weighted by atomic mass is 19.1. The van der Waals surface area contributed by atoms with Crippen molar-refractivity contribution in [2.75, 3.05) is 25.1 Å². The zero-order valence-electron chi connectivity index (χ0n) is 13.2. The van der Waals surface area contributed by atoms with Gasteiger partial charge in [-0.05, 0) is 23.8 Å². The van der Waals surface area contributed by atoms with Crippen molar-refractivity contribution in [3.63, 3.8) is 0 Å². The lowest BCUT2D eigenvalue weighted by Gasteiger charge is -2.12. The number of ether oxygens (including phenoxy) is 2.